The molecule has 0 saturated carbocycles. The zero-order valence-electron chi connectivity index (χ0n) is 15.3. The molecule has 2 aromatic rings. The maximum absolute atomic E-state index is 12.1. The van der Waals surface area contributed by atoms with Gasteiger partial charge in [-0.3, -0.25) is 10.2 Å². The van der Waals surface area contributed by atoms with Gasteiger partial charge in [-0.2, -0.15) is 0 Å². The lowest BCUT2D eigenvalue weighted by Crippen LogP contribution is -2.48. The van der Waals surface area contributed by atoms with Gasteiger partial charge in [-0.25, -0.2) is 10.2 Å². The molecule has 28 heavy (non-hydrogen) atoms. The number of urea groups is 1. The molecule has 8 nitrogen and oxygen atoms in total. The average molecular weight is 428 g/mol. The summed E-state index contributed by atoms with van der Waals surface area (Å²) in [5.41, 5.74) is 4.85. The Morgan fingerprint density at radius 3 is 2.32 bits per heavy atom. The predicted octanol–water partition coefficient (Wildman–Crippen LogP) is 3.63. The minimum Gasteiger partial charge on any atom is -0.497 e. The summed E-state index contributed by atoms with van der Waals surface area (Å²) >= 11 is 11.8. The molecular formula is C18H19Cl2N3O5. The Bertz CT molecular complexity index is 863. The van der Waals surface area contributed by atoms with E-state index in [1.165, 1.54) is 27.2 Å². The Labute approximate surface area is 172 Å². The first-order valence-corrected chi connectivity index (χ1v) is 8.80. The molecule has 0 aliphatic rings. The lowest BCUT2D eigenvalue weighted by atomic mass is 10.2. The lowest BCUT2D eigenvalue weighted by Gasteiger charge is -2.17. The molecule has 0 aromatic heterocycles. The number of hydrogen-bond donors (Lipinski definition) is 3. The van der Waals surface area contributed by atoms with Crippen LogP contribution < -0.4 is 30.4 Å². The molecule has 3 N–H and O–H groups in total. The molecule has 0 fully saturated rings. The van der Waals surface area contributed by atoms with Gasteiger partial charge in [0, 0.05) is 11.1 Å². The van der Waals surface area contributed by atoms with E-state index in [0.717, 1.165) is 0 Å². The van der Waals surface area contributed by atoms with E-state index in [9.17, 15) is 9.59 Å². The maximum atomic E-state index is 12.1. The largest absolute Gasteiger partial charge is 0.497 e. The number of methoxy groups -OCH3 is 2. The fourth-order valence-electron chi connectivity index (χ4n) is 2.10. The Morgan fingerprint density at radius 2 is 1.68 bits per heavy atom. The third-order valence-electron chi connectivity index (χ3n) is 3.52. The van der Waals surface area contributed by atoms with Gasteiger partial charge >= 0.3 is 6.03 Å². The summed E-state index contributed by atoms with van der Waals surface area (Å²) in [6, 6.07) is 8.84. The number of hydrogen-bond acceptors (Lipinski definition) is 5. The highest BCUT2D eigenvalue weighted by Crippen LogP contribution is 2.29. The Hall–Kier alpha value is -2.84. The molecule has 0 aliphatic carbocycles. The first kappa shape index (κ1) is 21.5. The van der Waals surface area contributed by atoms with Crippen LogP contribution in [0.4, 0.5) is 10.5 Å². The van der Waals surface area contributed by atoms with Gasteiger partial charge in [0.25, 0.3) is 5.91 Å². The molecule has 1 unspecified atom stereocenters. The Morgan fingerprint density at radius 1 is 0.964 bits per heavy atom. The van der Waals surface area contributed by atoms with Crippen molar-refractivity contribution in [3.8, 4) is 17.2 Å². The molecule has 2 rings (SSSR count). The topological polar surface area (TPSA) is 97.9 Å². The minimum atomic E-state index is -0.926. The molecule has 0 radical (unpaired) electrons. The molecular weight excluding hydrogens is 409 g/mol. The molecule has 3 amide bonds. The summed E-state index contributed by atoms with van der Waals surface area (Å²) in [4.78, 5) is 24.2. The number of halogens is 2. The number of rotatable bonds is 6. The van der Waals surface area contributed by atoms with Gasteiger partial charge in [0.1, 0.15) is 17.2 Å². The van der Waals surface area contributed by atoms with Gasteiger partial charge in [-0.05, 0) is 37.3 Å². The highest BCUT2D eigenvalue weighted by Gasteiger charge is 2.17. The van der Waals surface area contributed by atoms with Crippen LogP contribution in [0.15, 0.2) is 36.4 Å². The predicted molar refractivity (Wildman–Crippen MR) is 106 cm³/mol. The van der Waals surface area contributed by atoms with Gasteiger partial charge in [-0.1, -0.05) is 23.2 Å². The Balaban J connectivity index is 1.90. The van der Waals surface area contributed by atoms with Crippen molar-refractivity contribution in [1.29, 1.82) is 0 Å². The highest BCUT2D eigenvalue weighted by atomic mass is 35.5. The summed E-state index contributed by atoms with van der Waals surface area (Å²) in [6.07, 6.45) is -0.926. The van der Waals surface area contributed by atoms with Crippen molar-refractivity contribution in [2.45, 2.75) is 13.0 Å². The van der Waals surface area contributed by atoms with Crippen LogP contribution in [-0.2, 0) is 4.79 Å². The number of benzene rings is 2. The molecule has 0 spiro atoms. The van der Waals surface area contributed by atoms with Crippen molar-refractivity contribution >= 4 is 40.8 Å². The second-order valence-electron chi connectivity index (χ2n) is 5.47. The average Bonchev–Trinajstić information content (AvgIpc) is 2.68. The number of anilines is 1. The molecule has 150 valence electrons. The van der Waals surface area contributed by atoms with Crippen LogP contribution >= 0.6 is 23.2 Å². The van der Waals surface area contributed by atoms with Gasteiger partial charge in [0.05, 0.1) is 24.9 Å². The number of carbonyl (C=O) groups is 2. The Kier molecular flexibility index (Phi) is 7.60. The van der Waals surface area contributed by atoms with E-state index in [2.05, 4.69) is 16.2 Å². The standard InChI is InChI=1S/C18H19Cl2N3O5/c1-10(28-15-6-4-11(19)8-13(15)20)17(24)22-23-18(25)21-14-9-12(26-2)5-7-16(14)27-3/h4-10H,1-3H3,(H,22,24)(H2,21,23,25). The fourth-order valence-corrected chi connectivity index (χ4v) is 2.55. The molecule has 10 heteroatoms. The smallest absolute Gasteiger partial charge is 0.338 e. The van der Waals surface area contributed by atoms with Crippen LogP contribution in [0.1, 0.15) is 6.92 Å². The summed E-state index contributed by atoms with van der Waals surface area (Å²) < 4.78 is 15.7. The van der Waals surface area contributed by atoms with Gasteiger partial charge in [0.15, 0.2) is 6.10 Å². The molecule has 1 atom stereocenters. The molecule has 0 saturated heterocycles. The molecule has 0 aliphatic heterocycles. The second kappa shape index (κ2) is 9.91. The fraction of sp³-hybridized carbons (Fsp3) is 0.222. The summed E-state index contributed by atoms with van der Waals surface area (Å²) in [5, 5.41) is 3.26. The number of amides is 3. The van der Waals surface area contributed by atoms with E-state index in [0.29, 0.717) is 28.0 Å². The molecule has 0 bridgehead atoms. The van der Waals surface area contributed by atoms with Crippen LogP contribution in [0.25, 0.3) is 0 Å². The van der Waals surface area contributed by atoms with Crippen LogP contribution in [0.2, 0.25) is 10.0 Å². The lowest BCUT2D eigenvalue weighted by molar-refractivity contribution is -0.127. The summed E-state index contributed by atoms with van der Waals surface area (Å²) in [5.74, 6) is 0.663. The summed E-state index contributed by atoms with van der Waals surface area (Å²) in [7, 11) is 2.97. The third-order valence-corrected chi connectivity index (χ3v) is 4.05. The van der Waals surface area contributed by atoms with Crippen molar-refractivity contribution in [3.05, 3.63) is 46.4 Å². The van der Waals surface area contributed by atoms with Crippen molar-refractivity contribution in [1.82, 2.24) is 10.9 Å². The SMILES string of the molecule is COc1ccc(OC)c(NC(=O)NNC(=O)C(C)Oc2ccc(Cl)cc2Cl)c1. The molecule has 0 heterocycles. The van der Waals surface area contributed by atoms with Crippen molar-refractivity contribution in [3.63, 3.8) is 0 Å². The van der Waals surface area contributed by atoms with E-state index in [1.807, 2.05) is 0 Å². The first-order valence-electron chi connectivity index (χ1n) is 8.04. The molecule has 2 aromatic carbocycles. The minimum absolute atomic E-state index is 0.267. The van der Waals surface area contributed by atoms with Crippen LogP contribution in [0, 0.1) is 0 Å². The number of hydrazine groups is 1. The van der Waals surface area contributed by atoms with Gasteiger partial charge in [-0.15, -0.1) is 0 Å². The van der Waals surface area contributed by atoms with Crippen molar-refractivity contribution in [2.24, 2.45) is 0 Å². The quantitative estimate of drug-likeness (QED) is 0.611. The highest BCUT2D eigenvalue weighted by molar-refractivity contribution is 6.35. The van der Waals surface area contributed by atoms with E-state index in [1.54, 1.807) is 30.3 Å². The van der Waals surface area contributed by atoms with Crippen LogP contribution in [0.3, 0.4) is 0 Å². The number of nitrogens with one attached hydrogen (secondary N) is 3. The van der Waals surface area contributed by atoms with Crippen molar-refractivity contribution in [2.75, 3.05) is 19.5 Å². The second-order valence-corrected chi connectivity index (χ2v) is 6.31. The van der Waals surface area contributed by atoms with Crippen molar-refractivity contribution < 1.29 is 23.8 Å². The first-order chi connectivity index (χ1) is 13.3. The normalized spacial score (nSPS) is 11.2. The van der Waals surface area contributed by atoms with E-state index >= 15 is 0 Å². The zero-order chi connectivity index (χ0) is 20.7. The van der Waals surface area contributed by atoms with E-state index < -0.39 is 18.0 Å². The number of carbonyl (C=O) groups excluding carboxylic acids is 2. The summed E-state index contributed by atoms with van der Waals surface area (Å²) in [6.45, 7) is 1.50. The van der Waals surface area contributed by atoms with Gasteiger partial charge < -0.3 is 19.5 Å². The zero-order valence-corrected chi connectivity index (χ0v) is 16.9. The third kappa shape index (κ3) is 5.83. The van der Waals surface area contributed by atoms with Gasteiger partial charge in [0.2, 0.25) is 0 Å². The van der Waals surface area contributed by atoms with E-state index in [4.69, 9.17) is 37.4 Å². The maximum Gasteiger partial charge on any atom is 0.338 e. The van der Waals surface area contributed by atoms with Crippen LogP contribution in [0.5, 0.6) is 17.2 Å². The van der Waals surface area contributed by atoms with Crippen LogP contribution in [-0.4, -0.2) is 32.3 Å². The number of ether oxygens (including phenoxy) is 3. The monoisotopic (exact) mass is 427 g/mol. The van der Waals surface area contributed by atoms with E-state index in [-0.39, 0.29) is 5.02 Å².